The Morgan fingerprint density at radius 3 is 2.50 bits per heavy atom. The molecule has 0 bridgehead atoms. The van der Waals surface area contributed by atoms with Gasteiger partial charge in [-0.05, 0) is 57.3 Å². The molecule has 0 aliphatic rings. The second-order valence-corrected chi connectivity index (χ2v) is 7.19. The fourth-order valence-electron chi connectivity index (χ4n) is 1.51. The largest absolute Gasteiger partial charge is 0.389 e. The summed E-state index contributed by atoms with van der Waals surface area (Å²) in [4.78, 5) is 0.923. The second kappa shape index (κ2) is 7.26. The molecule has 1 heterocycles. The van der Waals surface area contributed by atoms with Gasteiger partial charge in [-0.3, -0.25) is 0 Å². The van der Waals surface area contributed by atoms with Crippen LogP contribution in [0.15, 0.2) is 14.3 Å². The van der Waals surface area contributed by atoms with E-state index < -0.39 is 12.6 Å². The third-order valence-electron chi connectivity index (χ3n) is 2.36. The number of thiophene rings is 1. The summed E-state index contributed by atoms with van der Waals surface area (Å²) in [5.74, 6) is 0. The minimum absolute atomic E-state index is 0.0723. The maximum absolute atomic E-state index is 12.3. The van der Waals surface area contributed by atoms with E-state index in [9.17, 15) is 13.2 Å². The Bertz CT molecular complexity index is 359. The fraction of sp³-hybridized carbons (Fsp3) is 0.636. The number of hydrogen-bond donors (Lipinski definition) is 1. The van der Waals surface area contributed by atoms with Crippen LogP contribution in [0.4, 0.5) is 13.2 Å². The Balaban J connectivity index is 2.71. The zero-order valence-electron chi connectivity index (χ0n) is 9.78. The molecule has 1 atom stereocenters. The van der Waals surface area contributed by atoms with Crippen molar-refractivity contribution in [2.24, 2.45) is 0 Å². The maximum atomic E-state index is 12.3. The Morgan fingerprint density at radius 2 is 2.06 bits per heavy atom. The first-order chi connectivity index (χ1) is 8.33. The predicted octanol–water partition coefficient (Wildman–Crippen LogP) is 5.66. The normalized spacial score (nSPS) is 13.9. The van der Waals surface area contributed by atoms with Crippen LogP contribution >= 0.6 is 43.2 Å². The van der Waals surface area contributed by atoms with E-state index in [1.807, 2.05) is 13.0 Å². The first-order valence-corrected chi connectivity index (χ1v) is 7.98. The molecule has 7 heteroatoms. The quantitative estimate of drug-likeness (QED) is 0.640. The van der Waals surface area contributed by atoms with Crippen molar-refractivity contribution in [3.63, 3.8) is 0 Å². The van der Waals surface area contributed by atoms with Crippen molar-refractivity contribution < 1.29 is 13.2 Å². The summed E-state index contributed by atoms with van der Waals surface area (Å²) in [6.45, 7) is 2.71. The van der Waals surface area contributed by atoms with E-state index in [0.717, 1.165) is 26.1 Å². The molecule has 0 aliphatic carbocycles. The number of nitrogens with one attached hydrogen (secondary N) is 1. The van der Waals surface area contributed by atoms with Crippen LogP contribution in [0.5, 0.6) is 0 Å². The van der Waals surface area contributed by atoms with Crippen LogP contribution in [0.25, 0.3) is 0 Å². The van der Waals surface area contributed by atoms with Crippen LogP contribution in [-0.4, -0.2) is 12.7 Å². The molecule has 18 heavy (non-hydrogen) atoms. The topological polar surface area (TPSA) is 12.0 Å². The number of halogens is 5. The molecule has 1 nitrogen and oxygen atoms in total. The van der Waals surface area contributed by atoms with Gasteiger partial charge in [0.1, 0.15) is 0 Å². The average molecular weight is 409 g/mol. The lowest BCUT2D eigenvalue weighted by molar-refractivity contribution is -0.136. The van der Waals surface area contributed by atoms with Gasteiger partial charge in [0.2, 0.25) is 0 Å². The van der Waals surface area contributed by atoms with Gasteiger partial charge in [-0.1, -0.05) is 6.92 Å². The van der Waals surface area contributed by atoms with E-state index in [4.69, 9.17) is 0 Å². The molecule has 0 saturated heterocycles. The first kappa shape index (κ1) is 16.5. The van der Waals surface area contributed by atoms with Crippen molar-refractivity contribution in [2.45, 2.75) is 38.4 Å². The summed E-state index contributed by atoms with van der Waals surface area (Å²) in [5, 5.41) is 3.17. The van der Waals surface area contributed by atoms with Gasteiger partial charge in [0.05, 0.1) is 3.79 Å². The van der Waals surface area contributed by atoms with Gasteiger partial charge in [-0.25, -0.2) is 0 Å². The summed E-state index contributed by atoms with van der Waals surface area (Å²) < 4.78 is 38.7. The van der Waals surface area contributed by atoms with Gasteiger partial charge in [-0.2, -0.15) is 13.2 Å². The van der Waals surface area contributed by atoms with Crippen molar-refractivity contribution in [3.8, 4) is 0 Å². The highest BCUT2D eigenvalue weighted by Gasteiger charge is 2.29. The fourth-order valence-corrected chi connectivity index (χ4v) is 3.71. The Kier molecular flexibility index (Phi) is 6.64. The average Bonchev–Trinajstić information content (AvgIpc) is 2.58. The highest BCUT2D eigenvalue weighted by molar-refractivity contribution is 9.13. The lowest BCUT2D eigenvalue weighted by Crippen LogP contribution is -2.23. The molecule has 0 aliphatic heterocycles. The molecular weight excluding hydrogens is 395 g/mol. The smallest absolute Gasteiger partial charge is 0.309 e. The van der Waals surface area contributed by atoms with Gasteiger partial charge in [-0.15, -0.1) is 11.3 Å². The molecule has 0 fully saturated rings. The second-order valence-electron chi connectivity index (χ2n) is 3.93. The van der Waals surface area contributed by atoms with Crippen molar-refractivity contribution in [2.75, 3.05) is 6.54 Å². The molecule has 0 radical (unpaired) electrons. The van der Waals surface area contributed by atoms with E-state index in [-0.39, 0.29) is 12.5 Å². The van der Waals surface area contributed by atoms with Crippen molar-refractivity contribution in [1.82, 2.24) is 5.32 Å². The number of alkyl halides is 3. The van der Waals surface area contributed by atoms with E-state index in [1.54, 1.807) is 0 Å². The van der Waals surface area contributed by atoms with Crippen molar-refractivity contribution >= 4 is 43.2 Å². The molecular formula is C11H14Br2F3NS. The third kappa shape index (κ3) is 5.59. The lowest BCUT2D eigenvalue weighted by atomic mass is 10.1. The van der Waals surface area contributed by atoms with Gasteiger partial charge in [0.15, 0.2) is 0 Å². The predicted molar refractivity (Wildman–Crippen MR) is 76.0 cm³/mol. The van der Waals surface area contributed by atoms with Gasteiger partial charge >= 0.3 is 6.18 Å². The number of rotatable bonds is 6. The van der Waals surface area contributed by atoms with Crippen LogP contribution in [0.1, 0.15) is 37.1 Å². The Morgan fingerprint density at radius 1 is 1.39 bits per heavy atom. The lowest BCUT2D eigenvalue weighted by Gasteiger charge is -2.18. The zero-order valence-corrected chi connectivity index (χ0v) is 13.8. The summed E-state index contributed by atoms with van der Waals surface area (Å²) in [5.41, 5.74) is 0. The monoisotopic (exact) mass is 407 g/mol. The summed E-state index contributed by atoms with van der Waals surface area (Å²) in [6, 6.07) is 1.64. The van der Waals surface area contributed by atoms with Gasteiger partial charge in [0.25, 0.3) is 0 Å². The highest BCUT2D eigenvalue weighted by Crippen LogP contribution is 2.38. The molecule has 0 spiro atoms. The maximum Gasteiger partial charge on any atom is 0.389 e. The molecule has 104 valence electrons. The van der Waals surface area contributed by atoms with Crippen LogP contribution in [0, 0.1) is 0 Å². The van der Waals surface area contributed by atoms with Gasteiger partial charge < -0.3 is 5.32 Å². The van der Waals surface area contributed by atoms with Crippen molar-refractivity contribution in [3.05, 3.63) is 19.2 Å². The molecule has 0 amide bonds. The molecule has 1 N–H and O–H groups in total. The van der Waals surface area contributed by atoms with E-state index in [1.165, 1.54) is 11.3 Å². The molecule has 1 aromatic heterocycles. The van der Waals surface area contributed by atoms with E-state index >= 15 is 0 Å². The molecule has 1 rings (SSSR count). The zero-order chi connectivity index (χ0) is 13.8. The van der Waals surface area contributed by atoms with E-state index in [0.29, 0.717) is 0 Å². The van der Waals surface area contributed by atoms with E-state index in [2.05, 4.69) is 37.2 Å². The standard InChI is InChI=1S/C11H14Br2F3NS/c1-2-5-17-8(3-4-11(14,15)16)9-6-7(12)10(13)18-9/h6,8,17H,2-5H2,1H3. The Labute approximate surface area is 125 Å². The molecule has 0 saturated carbocycles. The van der Waals surface area contributed by atoms with Crippen LogP contribution in [-0.2, 0) is 0 Å². The minimum Gasteiger partial charge on any atom is -0.309 e. The molecule has 1 unspecified atom stereocenters. The first-order valence-electron chi connectivity index (χ1n) is 5.58. The molecule has 1 aromatic rings. The van der Waals surface area contributed by atoms with Crippen LogP contribution < -0.4 is 5.32 Å². The summed E-state index contributed by atoms with van der Waals surface area (Å²) in [7, 11) is 0. The Hall–Kier alpha value is 0.410. The summed E-state index contributed by atoms with van der Waals surface area (Å²) >= 11 is 8.18. The molecule has 0 aromatic carbocycles. The van der Waals surface area contributed by atoms with Crippen molar-refractivity contribution in [1.29, 1.82) is 0 Å². The van der Waals surface area contributed by atoms with Crippen LogP contribution in [0.3, 0.4) is 0 Å². The van der Waals surface area contributed by atoms with Gasteiger partial charge in [0, 0.05) is 21.8 Å². The number of hydrogen-bond acceptors (Lipinski definition) is 2. The summed E-state index contributed by atoms with van der Waals surface area (Å²) in [6.07, 6.45) is -3.89. The SMILES string of the molecule is CCCNC(CCC(F)(F)F)c1cc(Br)c(Br)s1. The van der Waals surface area contributed by atoms with Crippen LogP contribution in [0.2, 0.25) is 0 Å². The third-order valence-corrected chi connectivity index (χ3v) is 5.73. The minimum atomic E-state index is -4.10. The highest BCUT2D eigenvalue weighted by atomic mass is 79.9.